The van der Waals surface area contributed by atoms with Crippen LogP contribution >= 0.6 is 0 Å². The highest BCUT2D eigenvalue weighted by Gasteiger charge is 2.45. The second-order valence-corrected chi connectivity index (χ2v) is 12.9. The summed E-state index contributed by atoms with van der Waals surface area (Å²) in [5.74, 6) is 2.13. The Morgan fingerprint density at radius 2 is 2.03 bits per heavy atom. The summed E-state index contributed by atoms with van der Waals surface area (Å²) in [7, 11) is -2.94. The Morgan fingerprint density at radius 1 is 1.25 bits per heavy atom. The van der Waals surface area contributed by atoms with E-state index in [2.05, 4.69) is 31.9 Å². The number of rotatable bonds is 8. The van der Waals surface area contributed by atoms with Crippen LogP contribution < -0.4 is 20.9 Å². The molecular weight excluding hydrogens is 480 g/mol. The molecule has 194 valence electrons. The highest BCUT2D eigenvalue weighted by Crippen LogP contribution is 2.42. The molecule has 1 amide bonds. The van der Waals surface area contributed by atoms with Crippen LogP contribution in [-0.4, -0.2) is 62.5 Å². The van der Waals surface area contributed by atoms with Crippen LogP contribution in [0, 0.1) is 17.3 Å². The lowest BCUT2D eigenvalue weighted by Crippen LogP contribution is -2.38. The van der Waals surface area contributed by atoms with Gasteiger partial charge in [-0.15, -0.1) is 0 Å². The van der Waals surface area contributed by atoms with Crippen molar-refractivity contribution in [3.8, 4) is 0 Å². The molecule has 0 aromatic carbocycles. The third-order valence-corrected chi connectivity index (χ3v) is 8.46. The Labute approximate surface area is 211 Å². The normalized spacial score (nSPS) is 22.2. The number of piperidine rings is 1. The number of hydrogen-bond acceptors (Lipinski definition) is 9. The van der Waals surface area contributed by atoms with Gasteiger partial charge in [0, 0.05) is 49.3 Å². The van der Waals surface area contributed by atoms with Gasteiger partial charge in [0.2, 0.25) is 11.9 Å². The predicted octanol–water partition coefficient (Wildman–Crippen LogP) is 2.43. The zero-order chi connectivity index (χ0) is 25.5. The number of nitrogens with zero attached hydrogens (tertiary/aromatic N) is 3. The van der Waals surface area contributed by atoms with Crippen molar-refractivity contribution in [2.45, 2.75) is 33.1 Å². The number of carbonyl (C=O) groups excluding carboxylic acids is 1. The number of aromatic nitrogens is 2. The van der Waals surface area contributed by atoms with Crippen LogP contribution in [0.15, 0.2) is 40.3 Å². The van der Waals surface area contributed by atoms with Gasteiger partial charge in [-0.1, -0.05) is 19.9 Å². The molecule has 1 unspecified atom stereocenters. The smallest absolute Gasteiger partial charge is 0.230 e. The van der Waals surface area contributed by atoms with E-state index in [1.165, 1.54) is 6.26 Å². The summed E-state index contributed by atoms with van der Waals surface area (Å²) in [4.78, 5) is 24.0. The van der Waals surface area contributed by atoms with Gasteiger partial charge in [-0.05, 0) is 37.8 Å². The lowest BCUT2D eigenvalue weighted by atomic mass is 9.76. The molecule has 2 saturated heterocycles. The van der Waals surface area contributed by atoms with Crippen LogP contribution in [-0.2, 0) is 14.6 Å². The fourth-order valence-corrected chi connectivity index (χ4v) is 5.72. The Morgan fingerprint density at radius 3 is 2.78 bits per heavy atom. The first kappa shape index (κ1) is 24.8. The molecule has 10 nitrogen and oxygen atoms in total. The minimum absolute atomic E-state index is 0.0563. The van der Waals surface area contributed by atoms with Crippen molar-refractivity contribution in [2.24, 2.45) is 17.3 Å². The van der Waals surface area contributed by atoms with Crippen molar-refractivity contribution in [1.29, 1.82) is 0 Å². The highest BCUT2D eigenvalue weighted by atomic mass is 32.2. The van der Waals surface area contributed by atoms with E-state index >= 15 is 0 Å². The van der Waals surface area contributed by atoms with Crippen molar-refractivity contribution >= 4 is 38.6 Å². The van der Waals surface area contributed by atoms with E-state index in [4.69, 9.17) is 9.40 Å². The molecule has 2 aliphatic heterocycles. The Bertz CT molecular complexity index is 1320. The maximum atomic E-state index is 12.3. The summed E-state index contributed by atoms with van der Waals surface area (Å²) >= 11 is 0. The minimum Gasteiger partial charge on any atom is -0.459 e. The molecule has 3 N–H and O–H groups in total. The van der Waals surface area contributed by atoms with Gasteiger partial charge in [-0.3, -0.25) is 4.79 Å². The van der Waals surface area contributed by atoms with Gasteiger partial charge in [0.15, 0.2) is 11.4 Å². The number of furan rings is 1. The summed E-state index contributed by atoms with van der Waals surface area (Å²) in [6.45, 7) is 6.93. The molecular formula is C25H34N6O4S. The number of carbonyl (C=O) groups is 1. The second kappa shape index (κ2) is 9.51. The lowest BCUT2D eigenvalue weighted by molar-refractivity contribution is -0.127. The fourth-order valence-electron chi connectivity index (χ4n) is 5.20. The number of sulfone groups is 1. The highest BCUT2D eigenvalue weighted by molar-refractivity contribution is 7.90. The zero-order valence-electron chi connectivity index (χ0n) is 21.0. The summed E-state index contributed by atoms with van der Waals surface area (Å²) in [6, 6.07) is 1.84. The third-order valence-electron chi connectivity index (χ3n) is 7.51. The zero-order valence-corrected chi connectivity index (χ0v) is 21.8. The standard InChI is InChI=1S/C25H34N6O4S/c1-25(2)18-5-4-17(14-20(18)28-23(25)32)27-24-29-19-8-12-35-21(19)22(30-24)31-10-6-16(7-11-31)15-26-9-13-36(3,33)34/h4,8,12,14,16,18,26H,5-7,9-11,13,15H2,1-3H3,(H,28,32)(H,27,29,30). The molecule has 3 aliphatic rings. The first-order valence-corrected chi connectivity index (χ1v) is 14.5. The Kier molecular flexibility index (Phi) is 6.54. The van der Waals surface area contributed by atoms with E-state index in [9.17, 15) is 13.2 Å². The van der Waals surface area contributed by atoms with Crippen molar-refractivity contribution in [2.75, 3.05) is 48.4 Å². The van der Waals surface area contributed by atoms with Crippen molar-refractivity contribution < 1.29 is 17.6 Å². The first-order chi connectivity index (χ1) is 17.1. The second-order valence-electron chi connectivity index (χ2n) is 10.6. The molecule has 2 aromatic heterocycles. The SMILES string of the molecule is CC1(C)C(=O)NC2=CC(Nc3nc(N4CCC(CNCCS(C)(=O)=O)CC4)c4occc4n3)=CCC21. The summed E-state index contributed by atoms with van der Waals surface area (Å²) in [5.41, 5.74) is 2.80. The van der Waals surface area contributed by atoms with Gasteiger partial charge in [0.05, 0.1) is 17.4 Å². The van der Waals surface area contributed by atoms with E-state index < -0.39 is 15.3 Å². The van der Waals surface area contributed by atoms with Crippen LogP contribution in [0.5, 0.6) is 0 Å². The number of allylic oxidation sites excluding steroid dienone is 3. The number of anilines is 2. The van der Waals surface area contributed by atoms with Crippen LogP contribution in [0.2, 0.25) is 0 Å². The largest absolute Gasteiger partial charge is 0.459 e. The minimum atomic E-state index is -2.94. The van der Waals surface area contributed by atoms with Gasteiger partial charge in [-0.2, -0.15) is 4.98 Å². The Hall–Kier alpha value is -2.92. The van der Waals surface area contributed by atoms with Gasteiger partial charge >= 0.3 is 0 Å². The van der Waals surface area contributed by atoms with Crippen LogP contribution in [0.1, 0.15) is 33.1 Å². The molecule has 0 saturated carbocycles. The maximum absolute atomic E-state index is 12.3. The van der Waals surface area contributed by atoms with Crippen LogP contribution in [0.4, 0.5) is 11.8 Å². The maximum Gasteiger partial charge on any atom is 0.230 e. The number of fused-ring (bicyclic) bond motifs is 2. The van der Waals surface area contributed by atoms with Crippen molar-refractivity contribution in [3.05, 3.63) is 35.9 Å². The monoisotopic (exact) mass is 514 g/mol. The first-order valence-electron chi connectivity index (χ1n) is 12.5. The average molecular weight is 515 g/mol. The van der Waals surface area contributed by atoms with Gasteiger partial charge < -0.3 is 25.3 Å². The molecule has 4 heterocycles. The topological polar surface area (TPSA) is 129 Å². The third kappa shape index (κ3) is 5.12. The van der Waals surface area contributed by atoms with Crippen molar-refractivity contribution in [3.63, 3.8) is 0 Å². The summed E-state index contributed by atoms with van der Waals surface area (Å²) in [5, 5.41) is 9.64. The molecule has 2 fully saturated rings. The van der Waals surface area contributed by atoms with E-state index in [1.807, 2.05) is 26.0 Å². The molecule has 2 aromatic rings. The van der Waals surface area contributed by atoms with E-state index in [0.29, 0.717) is 24.0 Å². The molecule has 11 heteroatoms. The van der Waals surface area contributed by atoms with E-state index in [1.54, 1.807) is 6.26 Å². The predicted molar refractivity (Wildman–Crippen MR) is 139 cm³/mol. The summed E-state index contributed by atoms with van der Waals surface area (Å²) in [6.07, 6.45) is 9.70. The lowest BCUT2D eigenvalue weighted by Gasteiger charge is -2.33. The molecule has 0 bridgehead atoms. The molecule has 0 spiro atoms. The average Bonchev–Trinajstić information content (AvgIpc) is 3.38. The fraction of sp³-hybridized carbons (Fsp3) is 0.560. The molecule has 0 radical (unpaired) electrons. The molecule has 1 atom stereocenters. The van der Waals surface area contributed by atoms with E-state index in [-0.39, 0.29) is 17.6 Å². The van der Waals surface area contributed by atoms with Crippen LogP contribution in [0.25, 0.3) is 11.1 Å². The quantitative estimate of drug-likeness (QED) is 0.455. The van der Waals surface area contributed by atoms with Gasteiger partial charge in [0.1, 0.15) is 15.4 Å². The van der Waals surface area contributed by atoms with Crippen molar-refractivity contribution in [1.82, 2.24) is 20.6 Å². The molecule has 1 aliphatic carbocycles. The van der Waals surface area contributed by atoms with Gasteiger partial charge in [0.25, 0.3) is 0 Å². The number of amides is 1. The summed E-state index contributed by atoms with van der Waals surface area (Å²) < 4.78 is 28.4. The Balaban J connectivity index is 1.25. The molecule has 36 heavy (non-hydrogen) atoms. The number of hydrogen-bond donors (Lipinski definition) is 3. The molecule has 5 rings (SSSR count). The van der Waals surface area contributed by atoms with Crippen LogP contribution in [0.3, 0.4) is 0 Å². The number of nitrogens with one attached hydrogen (secondary N) is 3. The van der Waals surface area contributed by atoms with E-state index in [0.717, 1.165) is 61.6 Å². The van der Waals surface area contributed by atoms with Gasteiger partial charge in [-0.25, -0.2) is 13.4 Å².